The molecule has 2 nitrogen and oxygen atoms in total. The number of aromatic nitrogens is 2. The molecule has 0 saturated carbocycles. The highest BCUT2D eigenvalue weighted by Crippen LogP contribution is 2.41. The van der Waals surface area contributed by atoms with E-state index in [0.717, 1.165) is 23.4 Å². The highest BCUT2D eigenvalue weighted by atomic mass is 15.1. The van der Waals surface area contributed by atoms with Crippen LogP contribution in [-0.2, 0) is 6.42 Å². The zero-order valence-electron chi connectivity index (χ0n) is 21.7. The summed E-state index contributed by atoms with van der Waals surface area (Å²) in [6, 6.07) is 31.1. The Morgan fingerprint density at radius 2 is 1.14 bits per heavy atom. The third kappa shape index (κ3) is 3.33. The molecule has 1 aromatic heterocycles. The van der Waals surface area contributed by atoms with Crippen molar-refractivity contribution < 1.29 is 0 Å². The number of benzene rings is 5. The topological polar surface area (TPSA) is 25.8 Å². The molecule has 5 aromatic carbocycles. The molecule has 2 heteroatoms. The minimum Gasteiger partial charge on any atom is -0.150 e. The molecule has 178 valence electrons. The molecular weight excluding hydrogens is 448 g/mol. The van der Waals surface area contributed by atoms with Crippen molar-refractivity contribution in [2.24, 2.45) is 0 Å². The lowest BCUT2D eigenvalue weighted by Crippen LogP contribution is -1.95. The number of aryl methyl sites for hydroxylation is 4. The summed E-state index contributed by atoms with van der Waals surface area (Å²) < 4.78 is 0. The first kappa shape index (κ1) is 21.9. The Hall–Kier alpha value is -4.30. The molecule has 0 amide bonds. The second kappa shape index (κ2) is 8.11. The van der Waals surface area contributed by atoms with Crippen molar-refractivity contribution in [1.82, 2.24) is 10.2 Å². The van der Waals surface area contributed by atoms with Gasteiger partial charge in [0.15, 0.2) is 0 Å². The third-order valence-corrected chi connectivity index (χ3v) is 8.14. The molecule has 1 aliphatic rings. The van der Waals surface area contributed by atoms with Crippen LogP contribution in [0.3, 0.4) is 0 Å². The lowest BCUT2D eigenvalue weighted by Gasteiger charge is -2.13. The number of rotatable bonds is 2. The van der Waals surface area contributed by atoms with Gasteiger partial charge in [-0.25, -0.2) is 0 Å². The summed E-state index contributed by atoms with van der Waals surface area (Å²) in [5, 5.41) is 14.7. The van der Waals surface area contributed by atoms with E-state index in [4.69, 9.17) is 10.2 Å². The first-order chi connectivity index (χ1) is 18.0. The van der Waals surface area contributed by atoms with Crippen LogP contribution < -0.4 is 0 Å². The van der Waals surface area contributed by atoms with Crippen LogP contribution in [-0.4, -0.2) is 10.2 Å². The lowest BCUT2D eigenvalue weighted by atomic mass is 9.91. The molecule has 0 unspecified atom stereocenters. The summed E-state index contributed by atoms with van der Waals surface area (Å²) in [5.41, 5.74) is 14.7. The first-order valence-electron chi connectivity index (χ1n) is 13.0. The van der Waals surface area contributed by atoms with Gasteiger partial charge in [0, 0.05) is 17.5 Å². The maximum atomic E-state index is 4.76. The fourth-order valence-corrected chi connectivity index (χ4v) is 6.19. The van der Waals surface area contributed by atoms with Crippen molar-refractivity contribution in [2.75, 3.05) is 0 Å². The van der Waals surface area contributed by atoms with E-state index in [9.17, 15) is 0 Å². The molecule has 1 heterocycles. The number of fused-ring (bicyclic) bond motifs is 5. The van der Waals surface area contributed by atoms with Gasteiger partial charge in [0.05, 0.1) is 11.4 Å². The van der Waals surface area contributed by atoms with Crippen molar-refractivity contribution in [3.05, 3.63) is 118 Å². The molecule has 7 rings (SSSR count). The van der Waals surface area contributed by atoms with Crippen LogP contribution in [0.4, 0.5) is 0 Å². The minimum atomic E-state index is 0.882. The van der Waals surface area contributed by atoms with Gasteiger partial charge in [-0.3, -0.25) is 0 Å². The molecule has 1 aliphatic carbocycles. The molecule has 6 aromatic rings. The largest absolute Gasteiger partial charge is 0.150 e. The molecule has 0 radical (unpaired) electrons. The van der Waals surface area contributed by atoms with Crippen LogP contribution in [0.25, 0.3) is 55.2 Å². The zero-order valence-corrected chi connectivity index (χ0v) is 21.7. The average Bonchev–Trinajstić information content (AvgIpc) is 3.27. The van der Waals surface area contributed by atoms with Gasteiger partial charge in [-0.1, -0.05) is 78.9 Å². The summed E-state index contributed by atoms with van der Waals surface area (Å²) >= 11 is 0. The van der Waals surface area contributed by atoms with E-state index in [1.165, 1.54) is 71.6 Å². The van der Waals surface area contributed by atoms with Gasteiger partial charge in [-0.2, -0.15) is 0 Å². The van der Waals surface area contributed by atoms with Crippen molar-refractivity contribution in [2.45, 2.75) is 34.1 Å². The quantitative estimate of drug-likeness (QED) is 0.249. The highest BCUT2D eigenvalue weighted by molar-refractivity contribution is 6.02. The monoisotopic (exact) mass is 476 g/mol. The van der Waals surface area contributed by atoms with E-state index in [2.05, 4.69) is 113 Å². The Morgan fingerprint density at radius 3 is 1.84 bits per heavy atom. The van der Waals surface area contributed by atoms with E-state index in [0.29, 0.717) is 0 Å². The van der Waals surface area contributed by atoms with Gasteiger partial charge >= 0.3 is 0 Å². The van der Waals surface area contributed by atoms with E-state index in [-0.39, 0.29) is 0 Å². The molecule has 0 atom stereocenters. The van der Waals surface area contributed by atoms with Crippen LogP contribution >= 0.6 is 0 Å². The van der Waals surface area contributed by atoms with Gasteiger partial charge in [0.2, 0.25) is 0 Å². The van der Waals surface area contributed by atoms with Gasteiger partial charge in [-0.05, 0) is 99.8 Å². The van der Waals surface area contributed by atoms with E-state index in [1.807, 2.05) is 0 Å². The van der Waals surface area contributed by atoms with Crippen LogP contribution in [0.5, 0.6) is 0 Å². The van der Waals surface area contributed by atoms with Gasteiger partial charge < -0.3 is 0 Å². The maximum Gasteiger partial charge on any atom is 0.0968 e. The lowest BCUT2D eigenvalue weighted by molar-refractivity contribution is 1.03. The summed E-state index contributed by atoms with van der Waals surface area (Å²) in [7, 11) is 0. The fourth-order valence-electron chi connectivity index (χ4n) is 6.19. The number of hydrogen-bond acceptors (Lipinski definition) is 2. The Labute approximate surface area is 217 Å². The van der Waals surface area contributed by atoms with Gasteiger partial charge in [0.25, 0.3) is 0 Å². The van der Waals surface area contributed by atoms with Crippen molar-refractivity contribution in [3.63, 3.8) is 0 Å². The Kier molecular flexibility index (Phi) is 4.81. The third-order valence-electron chi connectivity index (χ3n) is 8.14. The second-order valence-corrected chi connectivity index (χ2v) is 10.5. The molecule has 37 heavy (non-hydrogen) atoms. The van der Waals surface area contributed by atoms with E-state index < -0.39 is 0 Å². The van der Waals surface area contributed by atoms with Crippen LogP contribution in [0.2, 0.25) is 0 Å². The molecule has 0 fully saturated rings. The summed E-state index contributed by atoms with van der Waals surface area (Å²) in [5.74, 6) is 0. The van der Waals surface area contributed by atoms with Gasteiger partial charge in [0.1, 0.15) is 0 Å². The average molecular weight is 477 g/mol. The summed E-state index contributed by atoms with van der Waals surface area (Å²) in [6.07, 6.45) is 0.882. The highest BCUT2D eigenvalue weighted by Gasteiger charge is 2.23. The van der Waals surface area contributed by atoms with Crippen molar-refractivity contribution >= 4 is 21.5 Å². The van der Waals surface area contributed by atoms with Crippen LogP contribution in [0.1, 0.15) is 33.4 Å². The smallest absolute Gasteiger partial charge is 0.0968 e. The second-order valence-electron chi connectivity index (χ2n) is 10.5. The SMILES string of the molecule is Cc1ccc(-c2ccc3c(c2)Cc2cc(-c4ccc(C)c5cccc(C)c45)nnc2-3)c2c(C)cccc12. The normalized spacial score (nSPS) is 12.2. The van der Waals surface area contributed by atoms with Gasteiger partial charge in [-0.15, -0.1) is 10.2 Å². The zero-order chi connectivity index (χ0) is 25.3. The predicted octanol–water partition coefficient (Wildman–Crippen LogP) is 8.92. The maximum absolute atomic E-state index is 4.76. The standard InChI is InChI=1S/C35H28N2/c1-20-11-14-29(33-22(3)7-5-9-27(20)33)24-13-16-30-25(17-24)18-26-19-32(36-37-35(26)30)31-15-12-21(2)28-10-6-8-23(4)34(28)31/h5-17,19H,18H2,1-4H3. The van der Waals surface area contributed by atoms with E-state index >= 15 is 0 Å². The van der Waals surface area contributed by atoms with Crippen molar-refractivity contribution in [3.8, 4) is 33.6 Å². The molecule has 0 spiro atoms. The summed E-state index contributed by atoms with van der Waals surface area (Å²) in [4.78, 5) is 0. The fraction of sp³-hybridized carbons (Fsp3) is 0.143. The number of hydrogen-bond donors (Lipinski definition) is 0. The Bertz CT molecular complexity index is 1760. The molecule has 0 bridgehead atoms. The molecule has 0 aliphatic heterocycles. The Balaban J connectivity index is 1.33. The Morgan fingerprint density at radius 1 is 0.514 bits per heavy atom. The first-order valence-corrected chi connectivity index (χ1v) is 13.0. The summed E-state index contributed by atoms with van der Waals surface area (Å²) in [6.45, 7) is 8.76. The predicted molar refractivity (Wildman–Crippen MR) is 155 cm³/mol. The van der Waals surface area contributed by atoms with Crippen molar-refractivity contribution in [1.29, 1.82) is 0 Å². The minimum absolute atomic E-state index is 0.882. The number of nitrogens with zero attached hydrogens (tertiary/aromatic N) is 2. The molecule has 0 N–H and O–H groups in total. The molecule has 0 saturated heterocycles. The van der Waals surface area contributed by atoms with E-state index in [1.54, 1.807) is 0 Å². The van der Waals surface area contributed by atoms with Crippen LogP contribution in [0, 0.1) is 27.7 Å². The molecular formula is C35H28N2. The van der Waals surface area contributed by atoms with Crippen LogP contribution in [0.15, 0.2) is 84.9 Å².